The van der Waals surface area contributed by atoms with Crippen LogP contribution in [0.3, 0.4) is 0 Å². The molecule has 94 valence electrons. The van der Waals surface area contributed by atoms with Gasteiger partial charge in [0.15, 0.2) is 0 Å². The van der Waals surface area contributed by atoms with E-state index < -0.39 is 0 Å². The summed E-state index contributed by atoms with van der Waals surface area (Å²) in [7, 11) is 0. The van der Waals surface area contributed by atoms with Gasteiger partial charge in [0.05, 0.1) is 25.0 Å². The maximum atomic E-state index is 11.8. The Morgan fingerprint density at radius 3 is 3.06 bits per heavy atom. The first kappa shape index (κ1) is 13.9. The molecular weight excluding hydrogens is 286 g/mol. The fraction of sp³-hybridized carbons (Fsp3) is 0.455. The van der Waals surface area contributed by atoms with Gasteiger partial charge < -0.3 is 10.4 Å². The second kappa shape index (κ2) is 7.24. The number of hydrogen-bond acceptors (Lipinski definition) is 4. The Balaban J connectivity index is 2.74. The van der Waals surface area contributed by atoms with E-state index in [0.717, 1.165) is 13.0 Å². The number of nitrogens with zero attached hydrogens (tertiary/aromatic N) is 2. The number of aromatic nitrogens is 2. The summed E-state index contributed by atoms with van der Waals surface area (Å²) >= 11 is 3.23. The van der Waals surface area contributed by atoms with E-state index in [0.29, 0.717) is 10.2 Å². The molecule has 0 amide bonds. The van der Waals surface area contributed by atoms with Crippen molar-refractivity contribution in [2.24, 2.45) is 0 Å². The number of aliphatic hydroxyl groups excluding tert-OH is 1. The predicted octanol–water partition coefficient (Wildman–Crippen LogP) is 1.38. The van der Waals surface area contributed by atoms with Gasteiger partial charge in [0, 0.05) is 6.54 Å². The van der Waals surface area contributed by atoms with Crippen molar-refractivity contribution in [3.63, 3.8) is 0 Å². The quantitative estimate of drug-likeness (QED) is 0.615. The highest BCUT2D eigenvalue weighted by Crippen LogP contribution is 2.15. The summed E-state index contributed by atoms with van der Waals surface area (Å²) in [5.41, 5.74) is 0.434. The molecular formula is C11H16BrN3O2. The molecule has 2 N–H and O–H groups in total. The van der Waals surface area contributed by atoms with E-state index in [-0.39, 0.29) is 18.7 Å². The molecule has 0 fully saturated rings. The number of halogens is 1. The highest BCUT2D eigenvalue weighted by atomic mass is 79.9. The van der Waals surface area contributed by atoms with Crippen molar-refractivity contribution >= 4 is 21.6 Å². The summed E-state index contributed by atoms with van der Waals surface area (Å²) < 4.78 is 1.67. The van der Waals surface area contributed by atoms with Crippen LogP contribution in [0.25, 0.3) is 0 Å². The van der Waals surface area contributed by atoms with Crippen molar-refractivity contribution < 1.29 is 5.11 Å². The highest BCUT2D eigenvalue weighted by molar-refractivity contribution is 9.10. The van der Waals surface area contributed by atoms with E-state index in [2.05, 4.69) is 26.3 Å². The molecule has 1 heterocycles. The molecule has 1 aromatic heterocycles. The number of allylic oxidation sites excluding steroid dienone is 1. The fourth-order valence-corrected chi connectivity index (χ4v) is 1.75. The Morgan fingerprint density at radius 1 is 1.65 bits per heavy atom. The van der Waals surface area contributed by atoms with Crippen LogP contribution in [0.1, 0.15) is 13.3 Å². The average molecular weight is 302 g/mol. The van der Waals surface area contributed by atoms with Gasteiger partial charge in [-0.25, -0.2) is 4.68 Å². The summed E-state index contributed by atoms with van der Waals surface area (Å²) in [6, 6.07) is 0. The van der Waals surface area contributed by atoms with Crippen LogP contribution >= 0.6 is 15.9 Å². The molecule has 17 heavy (non-hydrogen) atoms. The molecule has 0 atom stereocenters. The van der Waals surface area contributed by atoms with Crippen LogP contribution in [0, 0.1) is 0 Å². The van der Waals surface area contributed by atoms with Gasteiger partial charge in [0.25, 0.3) is 5.56 Å². The summed E-state index contributed by atoms with van der Waals surface area (Å²) in [5.74, 6) is 0. The second-order valence-electron chi connectivity index (χ2n) is 3.41. The topological polar surface area (TPSA) is 67.2 Å². The van der Waals surface area contributed by atoms with E-state index in [1.165, 1.54) is 4.68 Å². The lowest BCUT2D eigenvalue weighted by molar-refractivity contribution is 0.266. The lowest BCUT2D eigenvalue weighted by Crippen LogP contribution is -2.25. The summed E-state index contributed by atoms with van der Waals surface area (Å²) in [5, 5.41) is 15.8. The normalized spacial score (nSPS) is 11.0. The molecule has 0 aliphatic heterocycles. The van der Waals surface area contributed by atoms with E-state index >= 15 is 0 Å². The zero-order valence-electron chi connectivity index (χ0n) is 9.69. The van der Waals surface area contributed by atoms with Crippen molar-refractivity contribution in [2.45, 2.75) is 19.9 Å². The van der Waals surface area contributed by atoms with Crippen LogP contribution in [-0.2, 0) is 6.54 Å². The third-order valence-electron chi connectivity index (χ3n) is 2.16. The summed E-state index contributed by atoms with van der Waals surface area (Å²) in [4.78, 5) is 11.8. The van der Waals surface area contributed by atoms with Crippen molar-refractivity contribution in [1.82, 2.24) is 9.78 Å². The van der Waals surface area contributed by atoms with Gasteiger partial charge >= 0.3 is 0 Å². The standard InChI is InChI=1S/C11H16BrN3O2/c1-2-3-4-5-13-9-8-14-15(6-7-16)11(17)10(9)12/h2-3,8,13,16H,4-7H2,1H3/b3-2+. The molecule has 0 aromatic carbocycles. The number of hydrogen-bond donors (Lipinski definition) is 2. The zero-order chi connectivity index (χ0) is 12.7. The molecule has 5 nitrogen and oxygen atoms in total. The number of nitrogens with one attached hydrogen (secondary N) is 1. The fourth-order valence-electron chi connectivity index (χ4n) is 1.30. The minimum Gasteiger partial charge on any atom is -0.394 e. The Labute approximate surface area is 108 Å². The van der Waals surface area contributed by atoms with Crippen LogP contribution in [0.2, 0.25) is 0 Å². The molecule has 1 aromatic rings. The first-order valence-electron chi connectivity index (χ1n) is 5.42. The van der Waals surface area contributed by atoms with E-state index in [4.69, 9.17) is 5.11 Å². The Morgan fingerprint density at radius 2 is 2.41 bits per heavy atom. The molecule has 0 radical (unpaired) electrons. The lowest BCUT2D eigenvalue weighted by Gasteiger charge is -2.08. The smallest absolute Gasteiger partial charge is 0.283 e. The van der Waals surface area contributed by atoms with Gasteiger partial charge in [-0.1, -0.05) is 12.2 Å². The second-order valence-corrected chi connectivity index (χ2v) is 4.20. The van der Waals surface area contributed by atoms with Gasteiger partial charge in [0.1, 0.15) is 4.47 Å². The molecule has 0 unspecified atom stereocenters. The van der Waals surface area contributed by atoms with Crippen LogP contribution in [-0.4, -0.2) is 28.0 Å². The van der Waals surface area contributed by atoms with Crippen LogP contribution in [0.4, 0.5) is 5.69 Å². The SMILES string of the molecule is C/C=C/CCNc1cnn(CCO)c(=O)c1Br. The predicted molar refractivity (Wildman–Crippen MR) is 71.2 cm³/mol. The van der Waals surface area contributed by atoms with E-state index in [9.17, 15) is 4.79 Å². The van der Waals surface area contributed by atoms with Crippen molar-refractivity contribution in [1.29, 1.82) is 0 Å². The molecule has 0 saturated carbocycles. The molecule has 0 aliphatic carbocycles. The van der Waals surface area contributed by atoms with Crippen molar-refractivity contribution in [3.05, 3.63) is 33.2 Å². The van der Waals surface area contributed by atoms with Crippen LogP contribution < -0.4 is 10.9 Å². The minimum absolute atomic E-state index is 0.104. The lowest BCUT2D eigenvalue weighted by atomic mass is 10.3. The largest absolute Gasteiger partial charge is 0.394 e. The Kier molecular flexibility index (Phi) is 5.93. The van der Waals surface area contributed by atoms with Gasteiger partial charge in [-0.15, -0.1) is 0 Å². The van der Waals surface area contributed by atoms with Gasteiger partial charge in [-0.3, -0.25) is 4.79 Å². The molecule has 0 saturated heterocycles. The number of anilines is 1. The number of aliphatic hydroxyl groups is 1. The highest BCUT2D eigenvalue weighted by Gasteiger charge is 2.07. The molecule has 1 rings (SSSR count). The molecule has 0 aliphatic rings. The molecule has 0 spiro atoms. The van der Waals surface area contributed by atoms with Crippen LogP contribution in [0.5, 0.6) is 0 Å². The first-order chi connectivity index (χ1) is 8.20. The van der Waals surface area contributed by atoms with Crippen molar-refractivity contribution in [2.75, 3.05) is 18.5 Å². The third kappa shape index (κ3) is 3.98. The van der Waals surface area contributed by atoms with E-state index in [1.54, 1.807) is 6.20 Å². The first-order valence-corrected chi connectivity index (χ1v) is 6.21. The Hall–Kier alpha value is -1.14. The van der Waals surface area contributed by atoms with Gasteiger partial charge in [-0.05, 0) is 29.3 Å². The monoisotopic (exact) mass is 301 g/mol. The summed E-state index contributed by atoms with van der Waals surface area (Å²) in [6.07, 6.45) is 6.50. The van der Waals surface area contributed by atoms with Gasteiger partial charge in [-0.2, -0.15) is 5.10 Å². The third-order valence-corrected chi connectivity index (χ3v) is 2.93. The minimum atomic E-state index is -0.241. The average Bonchev–Trinajstić information content (AvgIpc) is 2.33. The maximum absolute atomic E-state index is 11.8. The zero-order valence-corrected chi connectivity index (χ0v) is 11.3. The Bertz CT molecular complexity index is 443. The van der Waals surface area contributed by atoms with Gasteiger partial charge in [0.2, 0.25) is 0 Å². The summed E-state index contributed by atoms with van der Waals surface area (Å²) in [6.45, 7) is 2.81. The van der Waals surface area contributed by atoms with E-state index in [1.807, 2.05) is 19.1 Å². The number of rotatable bonds is 6. The van der Waals surface area contributed by atoms with Crippen molar-refractivity contribution in [3.8, 4) is 0 Å². The molecule has 6 heteroatoms. The molecule has 0 bridgehead atoms. The van der Waals surface area contributed by atoms with Crippen LogP contribution in [0.15, 0.2) is 27.6 Å². The maximum Gasteiger partial charge on any atom is 0.283 e.